The van der Waals surface area contributed by atoms with E-state index in [1.54, 1.807) is 29.8 Å². The summed E-state index contributed by atoms with van der Waals surface area (Å²) in [6.07, 6.45) is 0. The molecule has 0 saturated heterocycles. The van der Waals surface area contributed by atoms with Crippen molar-refractivity contribution in [3.05, 3.63) is 53.6 Å². The van der Waals surface area contributed by atoms with Gasteiger partial charge in [-0.3, -0.25) is 4.79 Å². The van der Waals surface area contributed by atoms with Gasteiger partial charge < -0.3 is 10.1 Å². The van der Waals surface area contributed by atoms with Crippen molar-refractivity contribution < 1.29 is 13.9 Å². The number of nitrogens with zero attached hydrogens (tertiary/aromatic N) is 3. The van der Waals surface area contributed by atoms with E-state index in [2.05, 4.69) is 15.4 Å². The number of hydrogen-bond donors (Lipinski definition) is 1. The van der Waals surface area contributed by atoms with E-state index in [-0.39, 0.29) is 17.1 Å². The van der Waals surface area contributed by atoms with Crippen molar-refractivity contribution >= 4 is 11.6 Å². The molecule has 0 fully saturated rings. The first-order chi connectivity index (χ1) is 12.8. The molecule has 0 aliphatic rings. The molecule has 0 aliphatic heterocycles. The molecule has 0 atom stereocenters. The SMILES string of the molecule is COCCNC(=O)c1cc(-c2ccc(F)cc2)nc2cc(C(C)(C)C)nn12. The van der Waals surface area contributed by atoms with Crippen molar-refractivity contribution in [2.45, 2.75) is 26.2 Å². The van der Waals surface area contributed by atoms with E-state index in [1.165, 1.54) is 12.1 Å². The third-order valence-corrected chi connectivity index (χ3v) is 4.16. The monoisotopic (exact) mass is 370 g/mol. The lowest BCUT2D eigenvalue weighted by Gasteiger charge is -2.13. The van der Waals surface area contributed by atoms with Crippen LogP contribution < -0.4 is 5.32 Å². The second-order valence-electron chi connectivity index (χ2n) is 7.33. The number of fused-ring (bicyclic) bond motifs is 1. The largest absolute Gasteiger partial charge is 0.383 e. The molecule has 0 aliphatic carbocycles. The third kappa shape index (κ3) is 4.14. The fourth-order valence-corrected chi connectivity index (χ4v) is 2.63. The first-order valence-corrected chi connectivity index (χ1v) is 8.74. The minimum atomic E-state index is -0.322. The van der Waals surface area contributed by atoms with Gasteiger partial charge in [-0.05, 0) is 30.3 Å². The normalized spacial score (nSPS) is 11.7. The molecule has 0 bridgehead atoms. The second-order valence-corrected chi connectivity index (χ2v) is 7.33. The van der Waals surface area contributed by atoms with Crippen LogP contribution in [0.25, 0.3) is 16.9 Å². The van der Waals surface area contributed by atoms with Gasteiger partial charge in [0.15, 0.2) is 5.65 Å². The Morgan fingerprint density at radius 2 is 1.93 bits per heavy atom. The summed E-state index contributed by atoms with van der Waals surface area (Å²) in [5.74, 6) is -0.594. The maximum Gasteiger partial charge on any atom is 0.270 e. The van der Waals surface area contributed by atoms with Gasteiger partial charge in [-0.15, -0.1) is 0 Å². The van der Waals surface area contributed by atoms with Crippen LogP contribution in [0.2, 0.25) is 0 Å². The summed E-state index contributed by atoms with van der Waals surface area (Å²) in [6.45, 7) is 6.95. The Hall–Kier alpha value is -2.80. The summed E-state index contributed by atoms with van der Waals surface area (Å²) in [5.41, 5.74) is 2.89. The smallest absolute Gasteiger partial charge is 0.270 e. The van der Waals surface area contributed by atoms with Crippen molar-refractivity contribution in [2.24, 2.45) is 0 Å². The zero-order chi connectivity index (χ0) is 19.6. The lowest BCUT2D eigenvalue weighted by molar-refractivity contribution is 0.0929. The van der Waals surface area contributed by atoms with Gasteiger partial charge in [-0.2, -0.15) is 5.10 Å². The topological polar surface area (TPSA) is 68.5 Å². The van der Waals surface area contributed by atoms with E-state index in [0.717, 1.165) is 11.3 Å². The number of rotatable bonds is 5. The molecule has 2 aromatic heterocycles. The highest BCUT2D eigenvalue weighted by molar-refractivity contribution is 5.94. The van der Waals surface area contributed by atoms with Gasteiger partial charge in [-0.1, -0.05) is 20.8 Å². The predicted octanol–water partition coefficient (Wildman–Crippen LogP) is 3.21. The Bertz CT molecular complexity index is 959. The van der Waals surface area contributed by atoms with Crippen molar-refractivity contribution in [2.75, 3.05) is 20.3 Å². The summed E-state index contributed by atoms with van der Waals surface area (Å²) in [6, 6.07) is 9.57. The van der Waals surface area contributed by atoms with E-state index in [1.807, 2.05) is 26.8 Å². The molecule has 0 spiro atoms. The minimum absolute atomic E-state index is 0.187. The molecule has 0 saturated carbocycles. The minimum Gasteiger partial charge on any atom is -0.383 e. The highest BCUT2D eigenvalue weighted by Crippen LogP contribution is 2.25. The number of amides is 1. The standard InChI is InChI=1S/C20H23FN4O2/c1-20(2,3)17-12-18-23-15(13-5-7-14(21)8-6-13)11-16(25(18)24-17)19(26)22-9-10-27-4/h5-8,11-12H,9-10H2,1-4H3,(H,22,26). The first-order valence-electron chi connectivity index (χ1n) is 8.74. The molecule has 3 aromatic rings. The van der Waals surface area contributed by atoms with Gasteiger partial charge in [-0.25, -0.2) is 13.9 Å². The van der Waals surface area contributed by atoms with E-state index >= 15 is 0 Å². The summed E-state index contributed by atoms with van der Waals surface area (Å²) in [5, 5.41) is 7.40. The molecule has 27 heavy (non-hydrogen) atoms. The highest BCUT2D eigenvalue weighted by Gasteiger charge is 2.22. The maximum atomic E-state index is 13.3. The number of benzene rings is 1. The van der Waals surface area contributed by atoms with Crippen LogP contribution in [0, 0.1) is 5.82 Å². The number of hydrogen-bond acceptors (Lipinski definition) is 4. The molecular formula is C20H23FN4O2. The van der Waals surface area contributed by atoms with Crippen LogP contribution in [0.5, 0.6) is 0 Å². The van der Waals surface area contributed by atoms with Gasteiger partial charge in [0.2, 0.25) is 0 Å². The maximum absolute atomic E-state index is 13.3. The number of halogens is 1. The van der Waals surface area contributed by atoms with Crippen LogP contribution in [0.15, 0.2) is 36.4 Å². The molecule has 0 radical (unpaired) electrons. The Labute approximate surface area is 157 Å². The Morgan fingerprint density at radius 1 is 1.22 bits per heavy atom. The zero-order valence-corrected chi connectivity index (χ0v) is 15.9. The lowest BCUT2D eigenvalue weighted by atomic mass is 9.93. The molecule has 7 heteroatoms. The molecule has 142 valence electrons. The number of aromatic nitrogens is 3. The summed E-state index contributed by atoms with van der Waals surface area (Å²) in [7, 11) is 1.58. The number of carbonyl (C=O) groups excluding carboxylic acids is 1. The molecule has 1 N–H and O–H groups in total. The fraction of sp³-hybridized carbons (Fsp3) is 0.350. The Balaban J connectivity index is 2.12. The Kier molecular flexibility index (Phi) is 5.23. The second kappa shape index (κ2) is 7.44. The molecule has 2 heterocycles. The van der Waals surface area contributed by atoms with E-state index in [9.17, 15) is 9.18 Å². The summed E-state index contributed by atoms with van der Waals surface area (Å²) < 4.78 is 19.8. The molecule has 0 unspecified atom stereocenters. The third-order valence-electron chi connectivity index (χ3n) is 4.16. The van der Waals surface area contributed by atoms with Gasteiger partial charge in [0.05, 0.1) is 18.0 Å². The zero-order valence-electron chi connectivity index (χ0n) is 15.9. The average Bonchev–Trinajstić information content (AvgIpc) is 3.06. The average molecular weight is 370 g/mol. The first kappa shape index (κ1) is 19.0. The van der Waals surface area contributed by atoms with Crippen LogP contribution in [0.3, 0.4) is 0 Å². The molecule has 1 aromatic carbocycles. The summed E-state index contributed by atoms with van der Waals surface area (Å²) >= 11 is 0. The van der Waals surface area contributed by atoms with Crippen LogP contribution in [0.4, 0.5) is 4.39 Å². The number of methoxy groups -OCH3 is 1. The fourth-order valence-electron chi connectivity index (χ4n) is 2.63. The molecule has 1 amide bonds. The van der Waals surface area contributed by atoms with Crippen molar-refractivity contribution in [1.29, 1.82) is 0 Å². The molecule has 6 nitrogen and oxygen atoms in total. The summed E-state index contributed by atoms with van der Waals surface area (Å²) in [4.78, 5) is 17.3. The van der Waals surface area contributed by atoms with Gasteiger partial charge in [0, 0.05) is 30.7 Å². The van der Waals surface area contributed by atoms with Crippen LogP contribution in [-0.4, -0.2) is 40.8 Å². The van der Waals surface area contributed by atoms with Crippen molar-refractivity contribution in [1.82, 2.24) is 19.9 Å². The van der Waals surface area contributed by atoms with Crippen LogP contribution in [0.1, 0.15) is 37.0 Å². The molecular weight excluding hydrogens is 347 g/mol. The van der Waals surface area contributed by atoms with E-state index < -0.39 is 0 Å². The van der Waals surface area contributed by atoms with E-state index in [4.69, 9.17) is 4.74 Å². The van der Waals surface area contributed by atoms with Crippen LogP contribution >= 0.6 is 0 Å². The van der Waals surface area contributed by atoms with Crippen LogP contribution in [-0.2, 0) is 10.2 Å². The predicted molar refractivity (Wildman–Crippen MR) is 101 cm³/mol. The number of carbonyl (C=O) groups is 1. The van der Waals surface area contributed by atoms with Gasteiger partial charge in [0.1, 0.15) is 11.5 Å². The Morgan fingerprint density at radius 3 is 2.56 bits per heavy atom. The van der Waals surface area contributed by atoms with Gasteiger partial charge >= 0.3 is 0 Å². The van der Waals surface area contributed by atoms with E-state index in [0.29, 0.717) is 30.2 Å². The van der Waals surface area contributed by atoms with Gasteiger partial charge in [0.25, 0.3) is 5.91 Å². The number of ether oxygens (including phenoxy) is 1. The van der Waals surface area contributed by atoms with Crippen molar-refractivity contribution in [3.63, 3.8) is 0 Å². The quantitative estimate of drug-likeness (QED) is 0.700. The molecule has 3 rings (SSSR count). The highest BCUT2D eigenvalue weighted by atomic mass is 19.1. The lowest BCUT2D eigenvalue weighted by Crippen LogP contribution is -2.29. The van der Waals surface area contributed by atoms with Crippen molar-refractivity contribution in [3.8, 4) is 11.3 Å². The number of nitrogens with one attached hydrogen (secondary N) is 1.